The Balaban J connectivity index is 0.000000821. The molecule has 1 N–H and O–H groups in total. The Morgan fingerprint density at radius 2 is 1.88 bits per heavy atom. The molecule has 0 unspecified atom stereocenters. The van der Waals surface area contributed by atoms with Gasteiger partial charge >= 0.3 is 0 Å². The molecule has 2 aliphatic heterocycles. The third-order valence-corrected chi connectivity index (χ3v) is 7.47. The van der Waals surface area contributed by atoms with Gasteiger partial charge in [-0.05, 0) is 36.5 Å². The maximum Gasteiger partial charge on any atom is 0.290 e. The van der Waals surface area contributed by atoms with Gasteiger partial charge in [-0.25, -0.2) is 4.98 Å². The van der Waals surface area contributed by atoms with Crippen LogP contribution in [0.2, 0.25) is 0 Å². The lowest BCUT2D eigenvalue weighted by molar-refractivity contribution is -0.137. The monoisotopic (exact) mass is 454 g/mol. The maximum atomic E-state index is 13.4. The first-order valence-electron chi connectivity index (χ1n) is 11.8. The summed E-state index contributed by atoms with van der Waals surface area (Å²) >= 11 is 0. The highest BCUT2D eigenvalue weighted by Gasteiger charge is 2.50. The number of carbonyl (C=O) groups is 2. The molecule has 0 bridgehead atoms. The number of fused-ring (bicyclic) bond motifs is 1. The van der Waals surface area contributed by atoms with Gasteiger partial charge < -0.3 is 19.3 Å². The van der Waals surface area contributed by atoms with Crippen molar-refractivity contribution >= 4 is 12.4 Å². The number of rotatable bonds is 5. The highest BCUT2D eigenvalue weighted by Crippen LogP contribution is 2.46. The maximum absolute atomic E-state index is 13.4. The van der Waals surface area contributed by atoms with Crippen LogP contribution in [0.5, 0.6) is 5.75 Å². The van der Waals surface area contributed by atoms with Gasteiger partial charge in [0.2, 0.25) is 5.91 Å². The summed E-state index contributed by atoms with van der Waals surface area (Å²) in [6.45, 7) is 3.57. The highest BCUT2D eigenvalue weighted by atomic mass is 16.5. The van der Waals surface area contributed by atoms with E-state index in [9.17, 15) is 4.79 Å². The number of carboxylic acid groups (broad SMARTS) is 1. The quantitative estimate of drug-likeness (QED) is 0.699. The second-order valence-corrected chi connectivity index (χ2v) is 9.37. The molecular formula is C25H34N4O4. The molecule has 2 aromatic rings. The smallest absolute Gasteiger partial charge is 0.290 e. The Labute approximate surface area is 195 Å². The van der Waals surface area contributed by atoms with Crippen molar-refractivity contribution in [2.45, 2.75) is 38.3 Å². The number of methoxy groups -OCH3 is 1. The van der Waals surface area contributed by atoms with Crippen molar-refractivity contribution in [3.05, 3.63) is 48.0 Å². The van der Waals surface area contributed by atoms with Gasteiger partial charge in [-0.3, -0.25) is 14.5 Å². The molecule has 1 aliphatic carbocycles. The molecule has 8 heteroatoms. The molecule has 1 amide bonds. The van der Waals surface area contributed by atoms with E-state index < -0.39 is 0 Å². The zero-order valence-electron chi connectivity index (χ0n) is 19.5. The molecule has 33 heavy (non-hydrogen) atoms. The first-order valence-corrected chi connectivity index (χ1v) is 11.8. The predicted octanol–water partition coefficient (Wildman–Crippen LogP) is 2.95. The molecule has 178 valence electrons. The third kappa shape index (κ3) is 4.90. The summed E-state index contributed by atoms with van der Waals surface area (Å²) in [5, 5.41) is 6.89. The largest absolute Gasteiger partial charge is 0.497 e. The summed E-state index contributed by atoms with van der Waals surface area (Å²) in [5.74, 6) is 3.60. The third-order valence-electron chi connectivity index (χ3n) is 7.47. The first-order chi connectivity index (χ1) is 16.0. The Kier molecular flexibility index (Phi) is 7.33. The molecule has 3 heterocycles. The lowest BCUT2D eigenvalue weighted by Crippen LogP contribution is -2.38. The lowest BCUT2D eigenvalue weighted by Gasteiger charge is -2.32. The number of carbonyl (C=O) groups excluding carboxylic acids is 1. The fraction of sp³-hybridized carbons (Fsp3) is 0.560. The van der Waals surface area contributed by atoms with Crippen LogP contribution in [0.1, 0.15) is 43.1 Å². The minimum absolute atomic E-state index is 0.167. The van der Waals surface area contributed by atoms with Gasteiger partial charge in [0.1, 0.15) is 11.6 Å². The Bertz CT molecular complexity index is 938. The van der Waals surface area contributed by atoms with Gasteiger partial charge in [-0.2, -0.15) is 0 Å². The van der Waals surface area contributed by atoms with E-state index in [0.29, 0.717) is 17.7 Å². The molecular weight excluding hydrogens is 420 g/mol. The number of nitrogens with zero attached hydrogens (tertiary/aromatic N) is 4. The van der Waals surface area contributed by atoms with Crippen molar-refractivity contribution in [3.63, 3.8) is 0 Å². The molecule has 3 fully saturated rings. The molecule has 0 spiro atoms. The molecule has 1 aromatic heterocycles. The normalized spacial score (nSPS) is 24.9. The Morgan fingerprint density at radius 3 is 2.48 bits per heavy atom. The molecule has 1 aromatic carbocycles. The van der Waals surface area contributed by atoms with Gasteiger partial charge in [0, 0.05) is 50.9 Å². The van der Waals surface area contributed by atoms with Gasteiger partial charge in [0.15, 0.2) is 0 Å². The number of hydrogen-bond donors (Lipinski definition) is 1. The molecule has 3 atom stereocenters. The van der Waals surface area contributed by atoms with Crippen LogP contribution in [0.3, 0.4) is 0 Å². The van der Waals surface area contributed by atoms with Crippen LogP contribution in [0.25, 0.3) is 0 Å². The van der Waals surface area contributed by atoms with Gasteiger partial charge in [0.25, 0.3) is 6.47 Å². The van der Waals surface area contributed by atoms with Crippen molar-refractivity contribution in [1.29, 1.82) is 0 Å². The molecule has 2 saturated heterocycles. The van der Waals surface area contributed by atoms with Gasteiger partial charge in [-0.15, -0.1) is 0 Å². The number of imidazole rings is 1. The van der Waals surface area contributed by atoms with Crippen LogP contribution in [-0.2, 0) is 23.2 Å². The zero-order chi connectivity index (χ0) is 23.4. The van der Waals surface area contributed by atoms with E-state index in [0.717, 1.165) is 50.6 Å². The lowest BCUT2D eigenvalue weighted by atomic mass is 9.89. The zero-order valence-corrected chi connectivity index (χ0v) is 19.5. The average molecular weight is 455 g/mol. The minimum atomic E-state index is -0.250. The highest BCUT2D eigenvalue weighted by molar-refractivity contribution is 5.80. The number of aromatic nitrogens is 2. The van der Waals surface area contributed by atoms with Crippen LogP contribution in [0.4, 0.5) is 0 Å². The Hall–Kier alpha value is -2.87. The SMILES string of the molecule is COc1ccc([C@H]2[C@H]3CN(Cc4nccn4C)C[C@H]3CN2C(=O)C2CCCC2)cc1.O=CO. The van der Waals surface area contributed by atoms with Crippen LogP contribution in [0, 0.1) is 17.8 Å². The predicted molar refractivity (Wildman–Crippen MR) is 124 cm³/mol. The van der Waals surface area contributed by atoms with Crippen molar-refractivity contribution in [3.8, 4) is 5.75 Å². The van der Waals surface area contributed by atoms with Crippen LogP contribution in [0.15, 0.2) is 36.7 Å². The van der Waals surface area contributed by atoms with E-state index >= 15 is 0 Å². The summed E-state index contributed by atoms with van der Waals surface area (Å²) < 4.78 is 7.47. The number of benzene rings is 1. The molecule has 0 radical (unpaired) electrons. The minimum Gasteiger partial charge on any atom is -0.497 e. The van der Waals surface area contributed by atoms with Gasteiger partial charge in [0.05, 0.1) is 19.7 Å². The summed E-state index contributed by atoms with van der Waals surface area (Å²) in [7, 11) is 3.75. The summed E-state index contributed by atoms with van der Waals surface area (Å²) in [6.07, 6.45) is 8.39. The van der Waals surface area contributed by atoms with Crippen molar-refractivity contribution in [1.82, 2.24) is 19.4 Å². The van der Waals surface area contributed by atoms with E-state index in [2.05, 4.69) is 38.5 Å². The standard InChI is InChI=1S/C24H32N4O2.CH2O2/c1-26-12-11-25-22(26)16-27-13-19-14-28(24(29)18-5-3-4-6-18)23(21(19)15-27)17-7-9-20(30-2)10-8-17;2-1-3/h7-12,18-19,21,23H,3-6,13-16H2,1-2H3;1H,(H,2,3)/t19-,21-,23-;/m0./s1. The van der Waals surface area contributed by atoms with E-state index in [4.69, 9.17) is 14.6 Å². The van der Waals surface area contributed by atoms with E-state index in [-0.39, 0.29) is 18.4 Å². The fourth-order valence-corrected chi connectivity index (χ4v) is 5.88. The molecule has 3 aliphatic rings. The van der Waals surface area contributed by atoms with E-state index in [1.165, 1.54) is 18.4 Å². The number of ether oxygens (including phenoxy) is 1. The number of hydrogen-bond acceptors (Lipinski definition) is 5. The summed E-state index contributed by atoms with van der Waals surface area (Å²) in [4.78, 5) is 31.1. The number of likely N-dealkylation sites (tertiary alicyclic amines) is 2. The van der Waals surface area contributed by atoms with Gasteiger partial charge in [-0.1, -0.05) is 25.0 Å². The molecule has 5 rings (SSSR count). The fourth-order valence-electron chi connectivity index (χ4n) is 5.88. The second-order valence-electron chi connectivity index (χ2n) is 9.37. The number of aryl methyl sites for hydroxylation is 1. The van der Waals surface area contributed by atoms with Crippen molar-refractivity contribution in [2.24, 2.45) is 24.8 Å². The second kappa shape index (κ2) is 10.4. The van der Waals surface area contributed by atoms with Crippen LogP contribution < -0.4 is 4.74 Å². The summed E-state index contributed by atoms with van der Waals surface area (Å²) in [6, 6.07) is 8.54. The first kappa shape index (κ1) is 23.3. The van der Waals surface area contributed by atoms with Crippen molar-refractivity contribution < 1.29 is 19.4 Å². The summed E-state index contributed by atoms with van der Waals surface area (Å²) in [5.41, 5.74) is 1.24. The average Bonchev–Trinajstić information content (AvgIpc) is 3.60. The van der Waals surface area contributed by atoms with Crippen molar-refractivity contribution in [2.75, 3.05) is 26.7 Å². The van der Waals surface area contributed by atoms with Crippen LogP contribution >= 0.6 is 0 Å². The van der Waals surface area contributed by atoms with E-state index in [1.54, 1.807) is 7.11 Å². The number of amides is 1. The van der Waals surface area contributed by atoms with E-state index in [1.807, 2.05) is 24.5 Å². The van der Waals surface area contributed by atoms with Crippen LogP contribution in [-0.4, -0.2) is 63.6 Å². The molecule has 1 saturated carbocycles. The topological polar surface area (TPSA) is 87.9 Å². The Morgan fingerprint density at radius 1 is 1.18 bits per heavy atom. The molecule has 8 nitrogen and oxygen atoms in total.